The monoisotopic (exact) mass is 443 g/mol. The van der Waals surface area contributed by atoms with Crippen molar-refractivity contribution in [1.29, 1.82) is 0 Å². The van der Waals surface area contributed by atoms with E-state index in [9.17, 15) is 4.79 Å². The van der Waals surface area contributed by atoms with Gasteiger partial charge in [-0.25, -0.2) is 4.98 Å². The van der Waals surface area contributed by atoms with Gasteiger partial charge in [-0.3, -0.25) is 9.78 Å². The van der Waals surface area contributed by atoms with Gasteiger partial charge >= 0.3 is 0 Å². The van der Waals surface area contributed by atoms with Crippen LogP contribution in [0.2, 0.25) is 0 Å². The minimum Gasteiger partial charge on any atom is -0.354 e. The van der Waals surface area contributed by atoms with Gasteiger partial charge in [-0.15, -0.1) is 0 Å². The van der Waals surface area contributed by atoms with Gasteiger partial charge in [0.25, 0.3) is 5.56 Å². The molecule has 4 aromatic rings. The van der Waals surface area contributed by atoms with Crippen molar-refractivity contribution in [1.82, 2.24) is 25.0 Å². The Morgan fingerprint density at radius 2 is 1.88 bits per heavy atom. The van der Waals surface area contributed by atoms with Gasteiger partial charge in [0.05, 0.1) is 17.6 Å². The Morgan fingerprint density at radius 1 is 1.12 bits per heavy atom. The third kappa shape index (κ3) is 4.50. The first-order valence-corrected chi connectivity index (χ1v) is 11.2. The van der Waals surface area contributed by atoms with E-state index in [-0.39, 0.29) is 12.4 Å². The maximum absolute atomic E-state index is 12.3. The molecule has 1 aliphatic carbocycles. The topological polar surface area (TPSA) is 85.8 Å². The summed E-state index contributed by atoms with van der Waals surface area (Å²) in [5.74, 6) is 0.565. The molecule has 1 N–H and O–H groups in total. The summed E-state index contributed by atoms with van der Waals surface area (Å²) < 4.78 is 7.44. The second kappa shape index (κ2) is 8.41. The van der Waals surface area contributed by atoms with E-state index in [1.165, 1.54) is 5.56 Å². The maximum Gasteiger partial charge on any atom is 0.250 e. The van der Waals surface area contributed by atoms with Crippen LogP contribution in [0.3, 0.4) is 0 Å². The first-order valence-electron chi connectivity index (χ1n) is 11.2. The molecule has 0 radical (unpaired) electrons. The van der Waals surface area contributed by atoms with E-state index in [1.54, 1.807) is 22.9 Å². The maximum atomic E-state index is 12.3. The van der Waals surface area contributed by atoms with E-state index < -0.39 is 0 Å². The number of hydrogen-bond acceptors (Lipinski definition) is 6. The van der Waals surface area contributed by atoms with Crippen molar-refractivity contribution < 1.29 is 5.95 Å². The van der Waals surface area contributed by atoms with Crippen LogP contribution < -0.4 is 10.9 Å². The molecular formula is C26H29N5O2. The van der Waals surface area contributed by atoms with Crippen LogP contribution in [0.4, 0.5) is 0 Å². The van der Waals surface area contributed by atoms with E-state index in [0.717, 1.165) is 48.4 Å². The van der Waals surface area contributed by atoms with E-state index in [4.69, 9.17) is 9.51 Å². The molecule has 0 amide bonds. The molecule has 0 unspecified atom stereocenters. The molecule has 1 saturated carbocycles. The standard InChI is InChI=1S/C26H27N5O2.H2/c1-17-25(23-12-21(30-33-23)19-6-4-18(5-7-19)13-27-3)29-22(14-28-17)20-8-9-24(32)31(15-20)16-26(2)10-11-26;/h4-9,12,14-15,27H,10-11,13,16H2,1-3H3;1H. The van der Waals surface area contributed by atoms with Crippen LogP contribution in [0.15, 0.2) is 64.2 Å². The molecule has 3 aromatic heterocycles. The van der Waals surface area contributed by atoms with Crippen molar-refractivity contribution in [3.8, 4) is 34.0 Å². The molecule has 0 bridgehead atoms. The predicted molar refractivity (Wildman–Crippen MR) is 130 cm³/mol. The number of pyridine rings is 1. The van der Waals surface area contributed by atoms with E-state index in [1.807, 2.05) is 38.4 Å². The van der Waals surface area contributed by atoms with Crippen molar-refractivity contribution in [3.63, 3.8) is 0 Å². The van der Waals surface area contributed by atoms with Crippen molar-refractivity contribution >= 4 is 0 Å². The SMILES string of the molecule is CNCc1ccc(-c2cc(-c3nc(-c4ccc(=O)n(CC5(C)CC5)c4)cnc3C)on2)cc1.[HH]. The Bertz CT molecular complexity index is 1360. The van der Waals surface area contributed by atoms with Gasteiger partial charge < -0.3 is 14.4 Å². The van der Waals surface area contributed by atoms with Crippen molar-refractivity contribution in [2.45, 2.75) is 39.8 Å². The minimum atomic E-state index is 0. The second-order valence-electron chi connectivity index (χ2n) is 9.19. The lowest BCUT2D eigenvalue weighted by atomic mass is 10.1. The molecule has 7 heteroatoms. The van der Waals surface area contributed by atoms with Gasteiger partial charge in [0.15, 0.2) is 5.76 Å². The molecule has 5 rings (SSSR count). The van der Waals surface area contributed by atoms with Gasteiger partial charge in [-0.05, 0) is 43.9 Å². The second-order valence-corrected chi connectivity index (χ2v) is 9.19. The fourth-order valence-electron chi connectivity index (χ4n) is 3.93. The highest BCUT2D eigenvalue weighted by molar-refractivity contribution is 5.68. The lowest BCUT2D eigenvalue weighted by Crippen LogP contribution is -2.22. The highest BCUT2D eigenvalue weighted by Crippen LogP contribution is 2.46. The molecular weight excluding hydrogens is 414 g/mol. The van der Waals surface area contributed by atoms with E-state index in [0.29, 0.717) is 17.1 Å². The third-order valence-electron chi connectivity index (χ3n) is 6.26. The first kappa shape index (κ1) is 21.3. The van der Waals surface area contributed by atoms with Gasteiger partial charge in [-0.2, -0.15) is 0 Å². The van der Waals surface area contributed by atoms with E-state index in [2.05, 4.69) is 34.5 Å². The molecule has 1 aromatic carbocycles. The number of benzene rings is 1. The average molecular weight is 444 g/mol. The van der Waals surface area contributed by atoms with Crippen molar-refractivity contribution in [3.05, 3.63) is 76.5 Å². The number of nitrogens with zero attached hydrogens (tertiary/aromatic N) is 4. The number of nitrogens with one attached hydrogen (secondary N) is 1. The molecule has 1 fully saturated rings. The van der Waals surface area contributed by atoms with E-state index >= 15 is 0 Å². The summed E-state index contributed by atoms with van der Waals surface area (Å²) in [5, 5.41) is 7.40. The molecule has 3 heterocycles. The normalized spacial score (nSPS) is 14.4. The summed E-state index contributed by atoms with van der Waals surface area (Å²) in [7, 11) is 1.93. The zero-order valence-electron chi connectivity index (χ0n) is 19.1. The van der Waals surface area contributed by atoms with Crippen LogP contribution >= 0.6 is 0 Å². The minimum absolute atomic E-state index is 0. The summed E-state index contributed by atoms with van der Waals surface area (Å²) >= 11 is 0. The van der Waals surface area contributed by atoms with Crippen LogP contribution in [-0.2, 0) is 13.1 Å². The van der Waals surface area contributed by atoms with Crippen LogP contribution in [0, 0.1) is 12.3 Å². The van der Waals surface area contributed by atoms with Crippen LogP contribution in [0.5, 0.6) is 0 Å². The predicted octanol–water partition coefficient (Wildman–Crippen LogP) is 4.70. The van der Waals surface area contributed by atoms with Crippen molar-refractivity contribution in [2.24, 2.45) is 5.41 Å². The Kier molecular flexibility index (Phi) is 5.42. The van der Waals surface area contributed by atoms with Crippen LogP contribution in [0.25, 0.3) is 34.0 Å². The zero-order chi connectivity index (χ0) is 23.0. The summed E-state index contributed by atoms with van der Waals surface area (Å²) in [6, 6.07) is 13.5. The smallest absolute Gasteiger partial charge is 0.250 e. The van der Waals surface area contributed by atoms with Crippen LogP contribution in [0.1, 0.15) is 32.4 Å². The molecule has 0 aliphatic heterocycles. The molecule has 0 spiro atoms. The number of rotatable bonds is 7. The molecule has 0 saturated heterocycles. The average Bonchev–Trinajstić information content (AvgIpc) is 3.33. The Morgan fingerprint density at radius 3 is 2.61 bits per heavy atom. The number of aromatic nitrogens is 4. The summed E-state index contributed by atoms with van der Waals surface area (Å²) in [6.07, 6.45) is 5.93. The lowest BCUT2D eigenvalue weighted by molar-refractivity contribution is 0.433. The van der Waals surface area contributed by atoms with Gasteiger partial charge in [0.1, 0.15) is 11.4 Å². The fourth-order valence-corrected chi connectivity index (χ4v) is 3.93. The lowest BCUT2D eigenvalue weighted by Gasteiger charge is -2.12. The molecule has 1 aliphatic rings. The van der Waals surface area contributed by atoms with Gasteiger partial charge in [-0.1, -0.05) is 36.3 Å². The van der Waals surface area contributed by atoms with Gasteiger partial charge in [0, 0.05) is 44.0 Å². The summed E-state index contributed by atoms with van der Waals surface area (Å²) in [4.78, 5) is 21.7. The van der Waals surface area contributed by atoms with Crippen LogP contribution in [-0.4, -0.2) is 26.7 Å². The molecule has 33 heavy (non-hydrogen) atoms. The highest BCUT2D eigenvalue weighted by Gasteiger charge is 2.37. The Hall–Kier alpha value is -3.58. The summed E-state index contributed by atoms with van der Waals surface area (Å²) in [6.45, 7) is 5.66. The number of aryl methyl sites for hydroxylation is 1. The summed E-state index contributed by atoms with van der Waals surface area (Å²) in [5.41, 5.74) is 6.12. The fraction of sp³-hybridized carbons (Fsp3) is 0.308. The molecule has 170 valence electrons. The third-order valence-corrected chi connectivity index (χ3v) is 6.26. The zero-order valence-corrected chi connectivity index (χ0v) is 19.1. The Balaban J connectivity index is 0.00000274. The first-order chi connectivity index (χ1) is 15.9. The highest BCUT2D eigenvalue weighted by atomic mass is 16.5. The number of hydrogen-bond donors (Lipinski definition) is 1. The molecule has 7 nitrogen and oxygen atoms in total. The van der Waals surface area contributed by atoms with Crippen molar-refractivity contribution in [2.75, 3.05) is 7.05 Å². The molecule has 0 atom stereocenters. The Labute approximate surface area is 194 Å². The largest absolute Gasteiger partial charge is 0.354 e. The quantitative estimate of drug-likeness (QED) is 0.446. The van der Waals surface area contributed by atoms with Gasteiger partial charge in [0.2, 0.25) is 0 Å².